The second kappa shape index (κ2) is 9.35. The molecule has 0 aromatic carbocycles. The summed E-state index contributed by atoms with van der Waals surface area (Å²) in [5.41, 5.74) is -0.380. The number of ether oxygens (including phenoxy) is 1. The van der Waals surface area contributed by atoms with E-state index < -0.39 is 0 Å². The van der Waals surface area contributed by atoms with Crippen LogP contribution < -0.4 is 0 Å². The minimum Gasteiger partial charge on any atom is -0.478 e. The van der Waals surface area contributed by atoms with Gasteiger partial charge in [0.25, 0.3) is 0 Å². The number of aliphatic imine (C=N–C) groups is 1. The predicted octanol–water partition coefficient (Wildman–Crippen LogP) is 4.09. The molecule has 0 aromatic heterocycles. The van der Waals surface area contributed by atoms with Gasteiger partial charge in [0.05, 0.1) is 6.61 Å². The quantitative estimate of drug-likeness (QED) is 0.574. The average molecular weight is 269 g/mol. The minimum absolute atomic E-state index is 0.0776. The SMILES string of the molecule is CCCCCCCCCCCC1=N[C@@](C)(CO)CO1. The van der Waals surface area contributed by atoms with Crippen molar-refractivity contribution in [1.82, 2.24) is 0 Å². The molecule has 1 aliphatic rings. The zero-order valence-electron chi connectivity index (χ0n) is 12.8. The van der Waals surface area contributed by atoms with Gasteiger partial charge in [-0.2, -0.15) is 0 Å². The highest BCUT2D eigenvalue weighted by molar-refractivity contribution is 5.78. The van der Waals surface area contributed by atoms with Crippen molar-refractivity contribution in [1.29, 1.82) is 0 Å². The molecule has 3 nitrogen and oxygen atoms in total. The van der Waals surface area contributed by atoms with E-state index >= 15 is 0 Å². The summed E-state index contributed by atoms with van der Waals surface area (Å²) in [6, 6.07) is 0. The highest BCUT2D eigenvalue weighted by atomic mass is 16.5. The molecule has 0 aliphatic carbocycles. The third-order valence-electron chi connectivity index (χ3n) is 3.78. The first-order chi connectivity index (χ1) is 9.20. The van der Waals surface area contributed by atoms with E-state index in [2.05, 4.69) is 11.9 Å². The van der Waals surface area contributed by atoms with Crippen LogP contribution >= 0.6 is 0 Å². The molecule has 1 heterocycles. The Hall–Kier alpha value is -0.570. The number of hydrogen-bond acceptors (Lipinski definition) is 3. The van der Waals surface area contributed by atoms with Gasteiger partial charge in [0, 0.05) is 6.42 Å². The minimum atomic E-state index is -0.380. The van der Waals surface area contributed by atoms with Crippen LogP contribution in [-0.4, -0.2) is 29.8 Å². The van der Waals surface area contributed by atoms with Crippen LogP contribution in [0.1, 0.15) is 78.1 Å². The van der Waals surface area contributed by atoms with Crippen molar-refractivity contribution in [3.63, 3.8) is 0 Å². The van der Waals surface area contributed by atoms with E-state index in [-0.39, 0.29) is 12.1 Å². The molecule has 0 radical (unpaired) electrons. The Kier molecular flexibility index (Phi) is 8.11. The molecule has 1 aliphatic heterocycles. The number of aliphatic hydroxyl groups is 1. The van der Waals surface area contributed by atoms with E-state index in [9.17, 15) is 5.11 Å². The fourth-order valence-electron chi connectivity index (χ4n) is 2.40. The lowest BCUT2D eigenvalue weighted by Crippen LogP contribution is -2.28. The number of rotatable bonds is 11. The van der Waals surface area contributed by atoms with Gasteiger partial charge in [0.1, 0.15) is 12.1 Å². The van der Waals surface area contributed by atoms with E-state index in [1.54, 1.807) is 0 Å². The van der Waals surface area contributed by atoms with Crippen molar-refractivity contribution >= 4 is 5.90 Å². The molecular formula is C16H31NO2. The number of aliphatic hydroxyl groups excluding tert-OH is 1. The first-order valence-corrected chi connectivity index (χ1v) is 8.02. The molecule has 1 atom stereocenters. The first kappa shape index (κ1) is 16.5. The van der Waals surface area contributed by atoms with Crippen LogP contribution in [0.25, 0.3) is 0 Å². The summed E-state index contributed by atoms with van der Waals surface area (Å²) in [6.45, 7) is 4.82. The van der Waals surface area contributed by atoms with Crippen molar-refractivity contribution in [2.75, 3.05) is 13.2 Å². The molecule has 19 heavy (non-hydrogen) atoms. The van der Waals surface area contributed by atoms with Crippen LogP contribution in [0.2, 0.25) is 0 Å². The van der Waals surface area contributed by atoms with E-state index in [1.807, 2.05) is 6.92 Å². The van der Waals surface area contributed by atoms with Crippen molar-refractivity contribution in [3.05, 3.63) is 0 Å². The lowest BCUT2D eigenvalue weighted by Gasteiger charge is -2.12. The molecule has 112 valence electrons. The molecule has 0 aromatic rings. The van der Waals surface area contributed by atoms with Crippen molar-refractivity contribution < 1.29 is 9.84 Å². The van der Waals surface area contributed by atoms with Crippen molar-refractivity contribution in [2.45, 2.75) is 83.6 Å². The van der Waals surface area contributed by atoms with Gasteiger partial charge in [-0.15, -0.1) is 0 Å². The number of nitrogens with zero attached hydrogens (tertiary/aromatic N) is 1. The van der Waals surface area contributed by atoms with Gasteiger partial charge >= 0.3 is 0 Å². The summed E-state index contributed by atoms with van der Waals surface area (Å²) >= 11 is 0. The van der Waals surface area contributed by atoms with Crippen LogP contribution in [0.3, 0.4) is 0 Å². The van der Waals surface area contributed by atoms with Crippen LogP contribution in [-0.2, 0) is 4.74 Å². The average Bonchev–Trinajstić information content (AvgIpc) is 2.79. The molecule has 0 unspecified atom stereocenters. The van der Waals surface area contributed by atoms with Gasteiger partial charge in [0.2, 0.25) is 0 Å². The molecule has 1 N–H and O–H groups in total. The first-order valence-electron chi connectivity index (χ1n) is 8.02. The Labute approximate surface area is 118 Å². The summed E-state index contributed by atoms with van der Waals surface area (Å²) in [6.07, 6.45) is 13.0. The van der Waals surface area contributed by atoms with E-state index in [1.165, 1.54) is 51.4 Å². The van der Waals surface area contributed by atoms with E-state index in [4.69, 9.17) is 4.74 Å². The zero-order valence-corrected chi connectivity index (χ0v) is 12.8. The highest BCUT2D eigenvalue weighted by Crippen LogP contribution is 2.20. The van der Waals surface area contributed by atoms with Crippen LogP contribution in [0.4, 0.5) is 0 Å². The lowest BCUT2D eigenvalue weighted by molar-refractivity contribution is 0.169. The summed E-state index contributed by atoms with van der Waals surface area (Å²) in [7, 11) is 0. The van der Waals surface area contributed by atoms with Gasteiger partial charge in [-0.3, -0.25) is 0 Å². The maximum atomic E-state index is 9.19. The zero-order chi connectivity index (χ0) is 14.0. The molecule has 0 amide bonds. The molecule has 0 spiro atoms. The highest BCUT2D eigenvalue weighted by Gasteiger charge is 2.30. The normalized spacial score (nSPS) is 22.4. The van der Waals surface area contributed by atoms with E-state index in [0.717, 1.165) is 18.7 Å². The number of hydrogen-bond donors (Lipinski definition) is 1. The Morgan fingerprint density at radius 3 is 2.16 bits per heavy atom. The van der Waals surface area contributed by atoms with Crippen molar-refractivity contribution in [3.8, 4) is 0 Å². The summed E-state index contributed by atoms with van der Waals surface area (Å²) in [5.74, 6) is 0.847. The molecule has 1 rings (SSSR count). The Bertz CT molecular complexity index is 265. The predicted molar refractivity (Wildman–Crippen MR) is 80.7 cm³/mol. The van der Waals surface area contributed by atoms with Crippen LogP contribution in [0, 0.1) is 0 Å². The molecular weight excluding hydrogens is 238 g/mol. The topological polar surface area (TPSA) is 41.8 Å². The summed E-state index contributed by atoms with van der Waals surface area (Å²) in [5, 5.41) is 9.19. The Morgan fingerprint density at radius 1 is 1.05 bits per heavy atom. The van der Waals surface area contributed by atoms with Gasteiger partial charge in [-0.25, -0.2) is 4.99 Å². The fraction of sp³-hybridized carbons (Fsp3) is 0.938. The second-order valence-electron chi connectivity index (χ2n) is 6.03. The fourth-order valence-corrected chi connectivity index (χ4v) is 2.40. The Morgan fingerprint density at radius 2 is 1.63 bits per heavy atom. The molecule has 3 heteroatoms. The lowest BCUT2D eigenvalue weighted by atomic mass is 10.1. The molecule has 0 bridgehead atoms. The van der Waals surface area contributed by atoms with Gasteiger partial charge in [0.15, 0.2) is 5.90 Å². The molecule has 0 saturated heterocycles. The maximum absolute atomic E-state index is 9.19. The van der Waals surface area contributed by atoms with Gasteiger partial charge in [-0.1, -0.05) is 58.3 Å². The van der Waals surface area contributed by atoms with E-state index in [0.29, 0.717) is 6.61 Å². The summed E-state index contributed by atoms with van der Waals surface area (Å²) in [4.78, 5) is 4.45. The smallest absolute Gasteiger partial charge is 0.184 e. The summed E-state index contributed by atoms with van der Waals surface area (Å²) < 4.78 is 5.52. The van der Waals surface area contributed by atoms with Crippen LogP contribution in [0.15, 0.2) is 4.99 Å². The molecule has 0 fully saturated rings. The largest absolute Gasteiger partial charge is 0.478 e. The number of unbranched alkanes of at least 4 members (excludes halogenated alkanes) is 8. The Balaban J connectivity index is 1.93. The maximum Gasteiger partial charge on any atom is 0.184 e. The third-order valence-corrected chi connectivity index (χ3v) is 3.78. The van der Waals surface area contributed by atoms with Crippen LogP contribution in [0.5, 0.6) is 0 Å². The van der Waals surface area contributed by atoms with Crippen molar-refractivity contribution in [2.24, 2.45) is 4.99 Å². The monoisotopic (exact) mass is 269 g/mol. The second-order valence-corrected chi connectivity index (χ2v) is 6.03. The third kappa shape index (κ3) is 6.95. The molecule has 0 saturated carbocycles. The van der Waals surface area contributed by atoms with Gasteiger partial charge in [-0.05, 0) is 13.3 Å². The standard InChI is InChI=1S/C16H31NO2/c1-3-4-5-6-7-8-9-10-11-12-15-17-16(2,13-18)14-19-15/h18H,3-14H2,1-2H3/t16-/m0/s1. The van der Waals surface area contributed by atoms with Gasteiger partial charge < -0.3 is 9.84 Å².